The molecule has 1 aliphatic carbocycles. The quantitative estimate of drug-likeness (QED) is 0.430. The van der Waals surface area contributed by atoms with Crippen molar-refractivity contribution in [1.29, 1.82) is 0 Å². The predicted octanol–water partition coefficient (Wildman–Crippen LogP) is 1.39. The zero-order valence-corrected chi connectivity index (χ0v) is 5.41. The Bertz CT molecular complexity index is 235. The van der Waals surface area contributed by atoms with E-state index < -0.39 is 16.9 Å². The molecule has 0 fully saturated rings. The summed E-state index contributed by atoms with van der Waals surface area (Å²) < 4.78 is 25.1. The van der Waals surface area contributed by atoms with Gasteiger partial charge in [-0.1, -0.05) is 12.2 Å². The number of rotatable bonds is 1. The van der Waals surface area contributed by atoms with Crippen molar-refractivity contribution in [3.8, 4) is 0 Å². The lowest BCUT2D eigenvalue weighted by molar-refractivity contribution is -0.532. The lowest BCUT2D eigenvalue weighted by Gasteiger charge is -2.15. The van der Waals surface area contributed by atoms with Gasteiger partial charge < -0.3 is 0 Å². The number of alkyl halides is 2. The maximum absolute atomic E-state index is 12.5. The van der Waals surface area contributed by atoms with Gasteiger partial charge in [0.25, 0.3) is 6.04 Å². The minimum atomic E-state index is -3.35. The van der Waals surface area contributed by atoms with E-state index in [1.54, 1.807) is 0 Å². The minimum Gasteiger partial charge on any atom is -0.264 e. The molecule has 0 saturated heterocycles. The second kappa shape index (κ2) is 2.41. The van der Waals surface area contributed by atoms with Gasteiger partial charge in [-0.05, 0) is 12.2 Å². The standard InChI is InChI=1S/C6H5F2NO2/c7-6(8)4-2-1-3-5(6)9(10)11/h1-5H. The fourth-order valence-corrected chi connectivity index (χ4v) is 0.791. The zero-order valence-electron chi connectivity index (χ0n) is 5.41. The van der Waals surface area contributed by atoms with Crippen LogP contribution < -0.4 is 0 Å². The normalized spacial score (nSPS) is 26.9. The first-order chi connectivity index (χ1) is 5.04. The molecular weight excluding hydrogens is 156 g/mol. The molecule has 60 valence electrons. The largest absolute Gasteiger partial charge is 0.336 e. The number of nitrogens with zero attached hydrogens (tertiary/aromatic N) is 1. The average molecular weight is 161 g/mol. The van der Waals surface area contributed by atoms with Crippen molar-refractivity contribution >= 4 is 0 Å². The molecule has 0 aliphatic heterocycles. The number of nitro groups is 1. The van der Waals surface area contributed by atoms with E-state index in [1.165, 1.54) is 6.08 Å². The van der Waals surface area contributed by atoms with Gasteiger partial charge in [-0.15, -0.1) is 0 Å². The third kappa shape index (κ3) is 1.42. The van der Waals surface area contributed by atoms with E-state index in [4.69, 9.17) is 0 Å². The van der Waals surface area contributed by atoms with Gasteiger partial charge in [0.05, 0.1) is 0 Å². The van der Waals surface area contributed by atoms with Crippen LogP contribution in [-0.4, -0.2) is 16.9 Å². The van der Waals surface area contributed by atoms with Crippen molar-refractivity contribution in [2.24, 2.45) is 0 Å². The van der Waals surface area contributed by atoms with Gasteiger partial charge >= 0.3 is 5.92 Å². The van der Waals surface area contributed by atoms with E-state index in [0.29, 0.717) is 6.08 Å². The summed E-state index contributed by atoms with van der Waals surface area (Å²) in [6.45, 7) is 0. The molecule has 1 atom stereocenters. The first-order valence-electron chi connectivity index (χ1n) is 2.91. The summed E-state index contributed by atoms with van der Waals surface area (Å²) in [4.78, 5) is 9.01. The Kier molecular flexibility index (Phi) is 1.72. The van der Waals surface area contributed by atoms with Crippen molar-refractivity contribution in [2.75, 3.05) is 0 Å². The Morgan fingerprint density at radius 1 is 1.45 bits per heavy atom. The third-order valence-electron chi connectivity index (χ3n) is 1.34. The Labute approximate surface area is 61.2 Å². The summed E-state index contributed by atoms with van der Waals surface area (Å²) in [7, 11) is 0. The van der Waals surface area contributed by atoms with E-state index in [-0.39, 0.29) is 0 Å². The summed E-state index contributed by atoms with van der Waals surface area (Å²) in [5, 5.41) is 10.0. The van der Waals surface area contributed by atoms with Crippen LogP contribution in [0.2, 0.25) is 0 Å². The highest BCUT2D eigenvalue weighted by Gasteiger charge is 2.45. The summed E-state index contributed by atoms with van der Waals surface area (Å²) >= 11 is 0. The van der Waals surface area contributed by atoms with Crippen LogP contribution in [0, 0.1) is 10.1 Å². The van der Waals surface area contributed by atoms with E-state index in [1.807, 2.05) is 0 Å². The Hall–Kier alpha value is -1.26. The fourth-order valence-electron chi connectivity index (χ4n) is 0.791. The molecule has 0 aromatic rings. The molecule has 3 nitrogen and oxygen atoms in total. The smallest absolute Gasteiger partial charge is 0.264 e. The van der Waals surface area contributed by atoms with Crippen LogP contribution in [0.4, 0.5) is 8.78 Å². The molecule has 0 radical (unpaired) electrons. The van der Waals surface area contributed by atoms with Crippen molar-refractivity contribution in [3.05, 3.63) is 34.4 Å². The lowest BCUT2D eigenvalue weighted by Crippen LogP contribution is -2.37. The molecule has 0 saturated carbocycles. The Morgan fingerprint density at radius 2 is 2.09 bits per heavy atom. The zero-order chi connectivity index (χ0) is 8.48. The van der Waals surface area contributed by atoms with Crippen molar-refractivity contribution in [3.63, 3.8) is 0 Å². The molecule has 0 aromatic heterocycles. The van der Waals surface area contributed by atoms with Gasteiger partial charge in [0.2, 0.25) is 0 Å². The molecule has 0 N–H and O–H groups in total. The van der Waals surface area contributed by atoms with Crippen LogP contribution in [0.15, 0.2) is 24.3 Å². The average Bonchev–Trinajstić information content (AvgIpc) is 1.85. The lowest BCUT2D eigenvalue weighted by atomic mass is 10.1. The van der Waals surface area contributed by atoms with Gasteiger partial charge in [-0.25, -0.2) is 0 Å². The molecule has 1 unspecified atom stereocenters. The number of hydrogen-bond acceptors (Lipinski definition) is 2. The highest BCUT2D eigenvalue weighted by molar-refractivity contribution is 5.19. The maximum Gasteiger partial charge on any atom is 0.336 e. The second-order valence-corrected chi connectivity index (χ2v) is 2.15. The van der Waals surface area contributed by atoms with Crippen molar-refractivity contribution in [1.82, 2.24) is 0 Å². The molecule has 11 heavy (non-hydrogen) atoms. The molecule has 1 aliphatic rings. The summed E-state index contributed by atoms with van der Waals surface area (Å²) in [5.41, 5.74) is 0. The second-order valence-electron chi connectivity index (χ2n) is 2.15. The predicted molar refractivity (Wildman–Crippen MR) is 34.0 cm³/mol. The maximum atomic E-state index is 12.5. The molecule has 0 bridgehead atoms. The number of allylic oxidation sites excluding steroid dienone is 2. The Balaban J connectivity index is 2.89. The first kappa shape index (κ1) is 7.84. The van der Waals surface area contributed by atoms with Crippen LogP contribution in [0.25, 0.3) is 0 Å². The van der Waals surface area contributed by atoms with Crippen molar-refractivity contribution < 1.29 is 13.7 Å². The van der Waals surface area contributed by atoms with Gasteiger partial charge in [-0.2, -0.15) is 8.78 Å². The van der Waals surface area contributed by atoms with Crippen LogP contribution in [0.5, 0.6) is 0 Å². The van der Waals surface area contributed by atoms with E-state index >= 15 is 0 Å². The van der Waals surface area contributed by atoms with E-state index in [2.05, 4.69) is 0 Å². The third-order valence-corrected chi connectivity index (χ3v) is 1.34. The van der Waals surface area contributed by atoms with Gasteiger partial charge in [0, 0.05) is 4.92 Å². The molecule has 0 heterocycles. The molecule has 0 spiro atoms. The SMILES string of the molecule is O=[N+]([O-])C1C=CC=CC1(F)F. The van der Waals surface area contributed by atoms with Crippen LogP contribution in [0.1, 0.15) is 0 Å². The van der Waals surface area contributed by atoms with Crippen LogP contribution in [0.3, 0.4) is 0 Å². The van der Waals surface area contributed by atoms with Gasteiger partial charge in [0.1, 0.15) is 0 Å². The molecule has 0 amide bonds. The molecule has 1 rings (SSSR count). The van der Waals surface area contributed by atoms with Gasteiger partial charge in [0.15, 0.2) is 0 Å². The van der Waals surface area contributed by atoms with Crippen molar-refractivity contribution in [2.45, 2.75) is 12.0 Å². The minimum absolute atomic E-state index is 0.528. The van der Waals surface area contributed by atoms with E-state index in [0.717, 1.165) is 12.2 Å². The highest BCUT2D eigenvalue weighted by atomic mass is 19.3. The Morgan fingerprint density at radius 3 is 2.45 bits per heavy atom. The molecule has 5 heteroatoms. The van der Waals surface area contributed by atoms with E-state index in [9.17, 15) is 18.9 Å². The topological polar surface area (TPSA) is 43.1 Å². The summed E-state index contributed by atoms with van der Waals surface area (Å²) in [6.07, 6.45) is 3.74. The van der Waals surface area contributed by atoms with Gasteiger partial charge in [-0.3, -0.25) is 10.1 Å². The van der Waals surface area contributed by atoms with Crippen LogP contribution in [-0.2, 0) is 0 Å². The molecule has 0 aromatic carbocycles. The number of halogens is 2. The summed E-state index contributed by atoms with van der Waals surface area (Å²) in [6, 6.07) is -1.91. The monoisotopic (exact) mass is 161 g/mol. The number of hydrogen-bond donors (Lipinski definition) is 0. The molecular formula is C6H5F2NO2. The summed E-state index contributed by atoms with van der Waals surface area (Å²) in [5.74, 6) is -3.35. The van der Waals surface area contributed by atoms with Crippen LogP contribution >= 0.6 is 0 Å². The first-order valence-corrected chi connectivity index (χ1v) is 2.91. The fraction of sp³-hybridized carbons (Fsp3) is 0.333. The highest BCUT2D eigenvalue weighted by Crippen LogP contribution is 2.26.